The lowest BCUT2D eigenvalue weighted by Gasteiger charge is -2.31. The lowest BCUT2D eigenvalue weighted by Crippen LogP contribution is -2.44. The Morgan fingerprint density at radius 2 is 2.14 bits per heavy atom. The van der Waals surface area contributed by atoms with E-state index in [-0.39, 0.29) is 35.5 Å². The molecule has 0 aliphatic carbocycles. The second-order valence-corrected chi connectivity index (χ2v) is 10.1. The molecule has 4 heterocycles. The first-order chi connectivity index (χ1) is 13.6. The zero-order valence-corrected chi connectivity index (χ0v) is 18.5. The highest BCUT2D eigenvalue weighted by molar-refractivity contribution is 7.16. The second kappa shape index (κ2) is 7.25. The molecule has 3 aromatic heterocycles. The van der Waals surface area contributed by atoms with Gasteiger partial charge in [-0.1, -0.05) is 13.8 Å². The molecule has 0 unspecified atom stereocenters. The molecule has 156 valence electrons. The standard InChI is InChI=1S/C21H29N5O2S/c1-13(2)18-23-25(19(28)16-10-14-7-9-29-20(14)26(16)18)12-17(27)22-15-6-8-24(11-15)21(3,4)5/h7,9-10,13,15H,6,8,11-12H2,1-5H3,(H,22,27)/t15-/m1/s1. The molecule has 1 amide bonds. The van der Waals surface area contributed by atoms with E-state index in [0.717, 1.165) is 35.6 Å². The number of carbonyl (C=O) groups excluding carboxylic acids is 1. The van der Waals surface area contributed by atoms with Crippen LogP contribution in [0.1, 0.15) is 52.8 Å². The van der Waals surface area contributed by atoms with E-state index in [4.69, 9.17) is 0 Å². The third-order valence-corrected chi connectivity index (χ3v) is 6.54. The summed E-state index contributed by atoms with van der Waals surface area (Å²) in [6.07, 6.45) is 0.927. The van der Waals surface area contributed by atoms with Crippen LogP contribution in [0.4, 0.5) is 0 Å². The summed E-state index contributed by atoms with van der Waals surface area (Å²) in [5.74, 6) is 0.762. The third kappa shape index (κ3) is 3.71. The zero-order valence-electron chi connectivity index (χ0n) is 17.7. The van der Waals surface area contributed by atoms with Crippen LogP contribution in [0.2, 0.25) is 0 Å². The molecule has 0 aromatic carbocycles. The van der Waals surface area contributed by atoms with E-state index < -0.39 is 0 Å². The number of rotatable bonds is 4. The van der Waals surface area contributed by atoms with Crippen LogP contribution in [0, 0.1) is 0 Å². The maximum absolute atomic E-state index is 13.0. The first-order valence-corrected chi connectivity index (χ1v) is 11.1. The molecule has 4 rings (SSSR count). The van der Waals surface area contributed by atoms with Gasteiger partial charge in [-0.05, 0) is 44.7 Å². The number of likely N-dealkylation sites (tertiary alicyclic amines) is 1. The van der Waals surface area contributed by atoms with E-state index in [2.05, 4.69) is 49.9 Å². The Kier molecular flexibility index (Phi) is 5.02. The molecule has 0 saturated carbocycles. The van der Waals surface area contributed by atoms with Crippen LogP contribution in [0.5, 0.6) is 0 Å². The van der Waals surface area contributed by atoms with E-state index >= 15 is 0 Å². The van der Waals surface area contributed by atoms with E-state index in [1.807, 2.05) is 21.9 Å². The number of aromatic nitrogens is 3. The van der Waals surface area contributed by atoms with E-state index in [9.17, 15) is 9.59 Å². The first kappa shape index (κ1) is 20.1. The van der Waals surface area contributed by atoms with Crippen molar-refractivity contribution in [2.45, 2.75) is 65.1 Å². The molecular formula is C21H29N5O2S. The van der Waals surface area contributed by atoms with Crippen molar-refractivity contribution in [1.82, 2.24) is 24.4 Å². The Morgan fingerprint density at radius 3 is 2.79 bits per heavy atom. The lowest BCUT2D eigenvalue weighted by molar-refractivity contribution is -0.122. The maximum atomic E-state index is 13.0. The molecule has 0 radical (unpaired) electrons. The van der Waals surface area contributed by atoms with Crippen molar-refractivity contribution < 1.29 is 4.79 Å². The highest BCUT2D eigenvalue weighted by Crippen LogP contribution is 2.26. The normalized spacial score (nSPS) is 18.3. The van der Waals surface area contributed by atoms with Crippen LogP contribution < -0.4 is 10.9 Å². The lowest BCUT2D eigenvalue weighted by atomic mass is 10.1. The van der Waals surface area contributed by atoms with Gasteiger partial charge in [0.2, 0.25) is 5.91 Å². The van der Waals surface area contributed by atoms with Gasteiger partial charge < -0.3 is 5.32 Å². The Labute approximate surface area is 174 Å². The van der Waals surface area contributed by atoms with Gasteiger partial charge in [-0.25, -0.2) is 4.68 Å². The van der Waals surface area contributed by atoms with Crippen LogP contribution in [-0.4, -0.2) is 49.7 Å². The summed E-state index contributed by atoms with van der Waals surface area (Å²) in [6, 6.07) is 4.02. The summed E-state index contributed by atoms with van der Waals surface area (Å²) in [7, 11) is 0. The van der Waals surface area contributed by atoms with Gasteiger partial charge in [0, 0.05) is 36.0 Å². The number of thiophene rings is 1. The average Bonchev–Trinajstić information content (AvgIpc) is 3.32. The quantitative estimate of drug-likeness (QED) is 0.711. The molecular weight excluding hydrogens is 386 g/mol. The van der Waals surface area contributed by atoms with Crippen molar-refractivity contribution in [3.05, 3.63) is 33.7 Å². The Bertz CT molecular complexity index is 1120. The van der Waals surface area contributed by atoms with Crippen molar-refractivity contribution in [3.8, 4) is 0 Å². The van der Waals surface area contributed by atoms with Gasteiger partial charge in [-0.3, -0.25) is 18.9 Å². The highest BCUT2D eigenvalue weighted by Gasteiger charge is 2.31. The van der Waals surface area contributed by atoms with Crippen molar-refractivity contribution >= 4 is 33.0 Å². The van der Waals surface area contributed by atoms with Crippen LogP contribution in [0.25, 0.3) is 15.7 Å². The Morgan fingerprint density at radius 1 is 1.38 bits per heavy atom. The number of carbonyl (C=O) groups is 1. The van der Waals surface area contributed by atoms with Crippen molar-refractivity contribution in [2.75, 3.05) is 13.1 Å². The van der Waals surface area contributed by atoms with Crippen molar-refractivity contribution in [3.63, 3.8) is 0 Å². The molecule has 1 saturated heterocycles. The molecule has 3 aromatic rings. The van der Waals surface area contributed by atoms with E-state index in [1.165, 1.54) is 4.68 Å². The molecule has 8 heteroatoms. The molecule has 1 N–H and O–H groups in total. The fourth-order valence-electron chi connectivity index (χ4n) is 4.03. The zero-order chi connectivity index (χ0) is 20.9. The highest BCUT2D eigenvalue weighted by atomic mass is 32.1. The van der Waals surface area contributed by atoms with E-state index in [1.54, 1.807) is 11.3 Å². The van der Waals surface area contributed by atoms with Gasteiger partial charge in [-0.2, -0.15) is 5.10 Å². The Hall–Kier alpha value is -2.19. The summed E-state index contributed by atoms with van der Waals surface area (Å²) in [6.45, 7) is 12.4. The average molecular weight is 416 g/mol. The summed E-state index contributed by atoms with van der Waals surface area (Å²) >= 11 is 1.60. The van der Waals surface area contributed by atoms with Gasteiger partial charge in [0.25, 0.3) is 5.56 Å². The predicted molar refractivity (Wildman–Crippen MR) is 117 cm³/mol. The van der Waals surface area contributed by atoms with Gasteiger partial charge in [0.15, 0.2) is 0 Å². The summed E-state index contributed by atoms with van der Waals surface area (Å²) in [4.78, 5) is 29.1. The molecule has 1 aliphatic heterocycles. The smallest absolute Gasteiger partial charge is 0.291 e. The minimum atomic E-state index is -0.226. The maximum Gasteiger partial charge on any atom is 0.291 e. The van der Waals surface area contributed by atoms with Gasteiger partial charge >= 0.3 is 0 Å². The number of amides is 1. The predicted octanol–water partition coefficient (Wildman–Crippen LogP) is 2.82. The number of hydrogen-bond acceptors (Lipinski definition) is 5. The molecule has 1 atom stereocenters. The fraction of sp³-hybridized carbons (Fsp3) is 0.571. The molecule has 1 aliphatic rings. The monoisotopic (exact) mass is 415 g/mol. The second-order valence-electron chi connectivity index (χ2n) is 9.19. The fourth-order valence-corrected chi connectivity index (χ4v) is 4.94. The molecule has 0 bridgehead atoms. The van der Waals surface area contributed by atoms with Crippen molar-refractivity contribution in [2.24, 2.45) is 0 Å². The minimum Gasteiger partial charge on any atom is -0.350 e. The largest absolute Gasteiger partial charge is 0.350 e. The first-order valence-electron chi connectivity index (χ1n) is 10.2. The van der Waals surface area contributed by atoms with Gasteiger partial charge in [-0.15, -0.1) is 11.3 Å². The number of hydrogen-bond donors (Lipinski definition) is 1. The molecule has 29 heavy (non-hydrogen) atoms. The number of nitrogens with zero attached hydrogens (tertiary/aromatic N) is 4. The van der Waals surface area contributed by atoms with E-state index in [0.29, 0.717) is 5.52 Å². The van der Waals surface area contributed by atoms with Crippen LogP contribution in [0.3, 0.4) is 0 Å². The van der Waals surface area contributed by atoms with Crippen molar-refractivity contribution in [1.29, 1.82) is 0 Å². The molecule has 7 nitrogen and oxygen atoms in total. The van der Waals surface area contributed by atoms with Crippen LogP contribution in [0.15, 0.2) is 22.3 Å². The third-order valence-electron chi connectivity index (χ3n) is 5.63. The molecule has 1 fully saturated rings. The topological polar surface area (TPSA) is 71.6 Å². The summed E-state index contributed by atoms with van der Waals surface area (Å²) in [5, 5.41) is 10.7. The van der Waals surface area contributed by atoms with Gasteiger partial charge in [0.05, 0.1) is 0 Å². The minimum absolute atomic E-state index is 0.0557. The SMILES string of the molecule is CC(C)c1nn(CC(=O)N[C@@H]2CCN(C(C)(C)C)C2)c(=O)c2cc3ccsc3n12. The van der Waals surface area contributed by atoms with Gasteiger partial charge in [0.1, 0.15) is 22.7 Å². The van der Waals surface area contributed by atoms with Crippen LogP contribution >= 0.6 is 11.3 Å². The Balaban J connectivity index is 1.59. The number of nitrogens with one attached hydrogen (secondary N) is 1. The summed E-state index contributed by atoms with van der Waals surface area (Å²) in [5.41, 5.74) is 0.450. The van der Waals surface area contributed by atoms with Crippen LogP contribution in [-0.2, 0) is 11.3 Å². The molecule has 0 spiro atoms. The number of fused-ring (bicyclic) bond motifs is 3. The summed E-state index contributed by atoms with van der Waals surface area (Å²) < 4.78 is 3.26.